The lowest BCUT2D eigenvalue weighted by atomic mass is 10.1. The van der Waals surface area contributed by atoms with E-state index in [9.17, 15) is 31.9 Å². The molecule has 1 aliphatic rings. The van der Waals surface area contributed by atoms with Crippen LogP contribution < -0.4 is 20.7 Å². The van der Waals surface area contributed by atoms with Crippen molar-refractivity contribution < 1.29 is 36.7 Å². The molecule has 0 saturated carbocycles. The first kappa shape index (κ1) is 25.6. The number of nitrogens with one attached hydrogen (secondary N) is 3. The highest BCUT2D eigenvalue weighted by Crippen LogP contribution is 2.29. The van der Waals surface area contributed by atoms with Gasteiger partial charge in [0.05, 0.1) is 24.1 Å². The van der Waals surface area contributed by atoms with Gasteiger partial charge in [-0.05, 0) is 29.8 Å². The third-order valence-electron chi connectivity index (χ3n) is 5.55. The van der Waals surface area contributed by atoms with Gasteiger partial charge >= 0.3 is 6.18 Å². The first-order valence-corrected chi connectivity index (χ1v) is 11.3. The van der Waals surface area contributed by atoms with Crippen LogP contribution in [-0.2, 0) is 24.1 Å². The summed E-state index contributed by atoms with van der Waals surface area (Å²) in [5.74, 6) is -2.35. The average Bonchev–Trinajstić information content (AvgIpc) is 3.29. The van der Waals surface area contributed by atoms with E-state index in [4.69, 9.17) is 4.74 Å². The SMILES string of the molecule is O=C1COc2ccc(CNC(=O)c3cc(C(=O)NCc4cccc(C(F)(F)F)n4)n4ncc(F)c4n3)cc2N1. The predicted molar refractivity (Wildman–Crippen MR) is 125 cm³/mol. The number of ether oxygens (including phenoxy) is 1. The van der Waals surface area contributed by atoms with E-state index in [1.54, 1.807) is 18.2 Å². The Kier molecular flexibility index (Phi) is 6.55. The zero-order valence-corrected chi connectivity index (χ0v) is 19.7. The van der Waals surface area contributed by atoms with Gasteiger partial charge in [-0.25, -0.2) is 18.9 Å². The third-order valence-corrected chi connectivity index (χ3v) is 5.55. The van der Waals surface area contributed by atoms with E-state index in [1.165, 1.54) is 6.07 Å². The van der Waals surface area contributed by atoms with Crippen LogP contribution in [0, 0.1) is 5.82 Å². The highest BCUT2D eigenvalue weighted by Gasteiger charge is 2.32. The molecule has 0 aliphatic carbocycles. The molecule has 200 valence electrons. The van der Waals surface area contributed by atoms with Gasteiger partial charge in [0.15, 0.2) is 18.1 Å². The molecule has 0 atom stereocenters. The Morgan fingerprint density at radius 3 is 2.64 bits per heavy atom. The van der Waals surface area contributed by atoms with Crippen LogP contribution in [0.15, 0.2) is 48.7 Å². The predicted octanol–water partition coefficient (Wildman–Crippen LogP) is 2.47. The molecule has 15 heteroatoms. The summed E-state index contributed by atoms with van der Waals surface area (Å²) in [6.07, 6.45) is -3.86. The van der Waals surface area contributed by atoms with Crippen molar-refractivity contribution in [3.05, 3.63) is 82.8 Å². The first-order valence-electron chi connectivity index (χ1n) is 11.3. The topological polar surface area (TPSA) is 140 Å². The van der Waals surface area contributed by atoms with Crippen LogP contribution in [0.5, 0.6) is 5.75 Å². The largest absolute Gasteiger partial charge is 0.482 e. The summed E-state index contributed by atoms with van der Waals surface area (Å²) < 4.78 is 59.2. The molecule has 3 N–H and O–H groups in total. The summed E-state index contributed by atoms with van der Waals surface area (Å²) in [7, 11) is 0. The molecular formula is C24H17F4N7O4. The lowest BCUT2D eigenvalue weighted by Gasteiger charge is -2.18. The highest BCUT2D eigenvalue weighted by molar-refractivity contribution is 5.98. The van der Waals surface area contributed by atoms with Gasteiger partial charge in [0, 0.05) is 12.6 Å². The van der Waals surface area contributed by atoms with Gasteiger partial charge in [0.1, 0.15) is 22.8 Å². The van der Waals surface area contributed by atoms with Crippen molar-refractivity contribution in [1.82, 2.24) is 30.2 Å². The van der Waals surface area contributed by atoms with E-state index < -0.39 is 35.1 Å². The van der Waals surface area contributed by atoms with Gasteiger partial charge in [-0.2, -0.15) is 18.3 Å². The summed E-state index contributed by atoms with van der Waals surface area (Å²) in [5.41, 5.74) is -1.14. The zero-order valence-electron chi connectivity index (χ0n) is 19.7. The number of pyridine rings is 1. The van der Waals surface area contributed by atoms with Gasteiger partial charge in [0.2, 0.25) is 0 Å². The molecule has 1 aliphatic heterocycles. The van der Waals surface area contributed by atoms with Crippen LogP contribution in [0.4, 0.5) is 23.2 Å². The number of alkyl halides is 3. The van der Waals surface area contributed by atoms with E-state index in [0.717, 1.165) is 28.9 Å². The smallest absolute Gasteiger partial charge is 0.433 e. The number of benzene rings is 1. The fourth-order valence-electron chi connectivity index (χ4n) is 3.72. The Hall–Kier alpha value is -5.08. The van der Waals surface area contributed by atoms with Gasteiger partial charge in [-0.15, -0.1) is 0 Å². The number of hydrogen-bond donors (Lipinski definition) is 3. The molecule has 39 heavy (non-hydrogen) atoms. The molecule has 0 radical (unpaired) electrons. The van der Waals surface area contributed by atoms with Crippen molar-refractivity contribution in [2.24, 2.45) is 0 Å². The maximum Gasteiger partial charge on any atom is 0.433 e. The van der Waals surface area contributed by atoms with Crippen molar-refractivity contribution in [1.29, 1.82) is 0 Å². The normalized spacial score (nSPS) is 12.9. The number of anilines is 1. The van der Waals surface area contributed by atoms with Crippen LogP contribution in [0.25, 0.3) is 5.65 Å². The number of aromatic nitrogens is 4. The minimum atomic E-state index is -4.66. The molecule has 3 amide bonds. The number of rotatable bonds is 6. The Bertz CT molecular complexity index is 1620. The Morgan fingerprint density at radius 1 is 1.05 bits per heavy atom. The monoisotopic (exact) mass is 543 g/mol. The lowest BCUT2D eigenvalue weighted by Crippen LogP contribution is -2.29. The minimum absolute atomic E-state index is 0.000662. The molecule has 5 rings (SSSR count). The van der Waals surface area contributed by atoms with E-state index >= 15 is 0 Å². The first-order chi connectivity index (χ1) is 18.6. The number of amides is 3. The van der Waals surface area contributed by atoms with Gasteiger partial charge in [0.25, 0.3) is 17.7 Å². The van der Waals surface area contributed by atoms with Gasteiger partial charge in [-0.1, -0.05) is 12.1 Å². The Labute approximate surface area is 216 Å². The standard InChI is InChI=1S/C24H17F4N7O4/c25-14-10-31-35-17(23(38)30-9-13-2-1-3-19(32-13)24(26,27)28)7-16(34-21(14)35)22(37)29-8-12-4-5-18-15(6-12)33-20(36)11-39-18/h1-7,10H,8-9,11H2,(H,29,37)(H,30,38)(H,33,36). The summed E-state index contributed by atoms with van der Waals surface area (Å²) >= 11 is 0. The van der Waals surface area contributed by atoms with Crippen molar-refractivity contribution >= 4 is 29.1 Å². The maximum atomic E-state index is 14.3. The highest BCUT2D eigenvalue weighted by atomic mass is 19.4. The molecule has 11 nitrogen and oxygen atoms in total. The number of hydrogen-bond acceptors (Lipinski definition) is 7. The fourth-order valence-corrected chi connectivity index (χ4v) is 3.72. The van der Waals surface area contributed by atoms with Crippen LogP contribution in [0.3, 0.4) is 0 Å². The van der Waals surface area contributed by atoms with Gasteiger partial charge in [-0.3, -0.25) is 14.4 Å². The molecular weight excluding hydrogens is 526 g/mol. The van der Waals surface area contributed by atoms with Crippen LogP contribution >= 0.6 is 0 Å². The van der Waals surface area contributed by atoms with Crippen molar-refractivity contribution in [2.75, 3.05) is 11.9 Å². The van der Waals surface area contributed by atoms with Crippen molar-refractivity contribution in [2.45, 2.75) is 19.3 Å². The third kappa shape index (κ3) is 5.46. The Morgan fingerprint density at radius 2 is 1.85 bits per heavy atom. The average molecular weight is 543 g/mol. The second-order valence-electron chi connectivity index (χ2n) is 8.30. The number of nitrogens with zero attached hydrogens (tertiary/aromatic N) is 4. The molecule has 0 saturated heterocycles. The summed E-state index contributed by atoms with van der Waals surface area (Å²) in [5, 5.41) is 11.4. The van der Waals surface area contributed by atoms with E-state index in [-0.39, 0.29) is 42.7 Å². The quantitative estimate of drug-likeness (QED) is 0.318. The molecule has 3 aromatic heterocycles. The van der Waals surface area contributed by atoms with Crippen LogP contribution in [0.2, 0.25) is 0 Å². The van der Waals surface area contributed by atoms with E-state index in [0.29, 0.717) is 17.0 Å². The van der Waals surface area contributed by atoms with E-state index in [1.807, 2.05) is 0 Å². The van der Waals surface area contributed by atoms with Gasteiger partial charge < -0.3 is 20.7 Å². The second-order valence-corrected chi connectivity index (χ2v) is 8.30. The maximum absolute atomic E-state index is 14.3. The summed E-state index contributed by atoms with van der Waals surface area (Å²) in [6, 6.07) is 9.22. The summed E-state index contributed by atoms with van der Waals surface area (Å²) in [4.78, 5) is 44.7. The number of fused-ring (bicyclic) bond motifs is 2. The second kappa shape index (κ2) is 10.00. The summed E-state index contributed by atoms with van der Waals surface area (Å²) in [6.45, 7) is -0.482. The van der Waals surface area contributed by atoms with Crippen LogP contribution in [0.1, 0.15) is 37.9 Å². The van der Waals surface area contributed by atoms with Crippen LogP contribution in [-0.4, -0.2) is 43.9 Å². The number of carbonyl (C=O) groups is 3. The molecule has 4 heterocycles. The molecule has 4 aromatic rings. The van der Waals surface area contributed by atoms with E-state index in [2.05, 4.69) is 31.0 Å². The molecule has 0 bridgehead atoms. The number of carbonyl (C=O) groups excluding carboxylic acids is 3. The molecule has 1 aromatic carbocycles. The van der Waals surface area contributed by atoms with Crippen molar-refractivity contribution in [3.8, 4) is 5.75 Å². The van der Waals surface area contributed by atoms with Crippen molar-refractivity contribution in [3.63, 3.8) is 0 Å². The lowest BCUT2D eigenvalue weighted by molar-refractivity contribution is -0.141. The fraction of sp³-hybridized carbons (Fsp3) is 0.167. The minimum Gasteiger partial charge on any atom is -0.482 e. The molecule has 0 fully saturated rings. The Balaban J connectivity index is 1.33. The zero-order chi connectivity index (χ0) is 27.7. The molecule has 0 unspecified atom stereocenters. The number of halogens is 4. The molecule has 0 spiro atoms.